The second-order valence-electron chi connectivity index (χ2n) is 7.86. The maximum atomic E-state index is 13.7. The smallest absolute Gasteiger partial charge is 0.123 e. The van der Waals surface area contributed by atoms with E-state index in [2.05, 4.69) is 17.0 Å². The van der Waals surface area contributed by atoms with Crippen LogP contribution in [0, 0.1) is 17.7 Å². The van der Waals surface area contributed by atoms with Gasteiger partial charge in [-0.2, -0.15) is 0 Å². The van der Waals surface area contributed by atoms with E-state index in [0.29, 0.717) is 17.9 Å². The molecule has 3 unspecified atom stereocenters. The van der Waals surface area contributed by atoms with Gasteiger partial charge in [0.15, 0.2) is 0 Å². The van der Waals surface area contributed by atoms with E-state index in [9.17, 15) is 9.50 Å². The van der Waals surface area contributed by atoms with Crippen LogP contribution in [0.15, 0.2) is 48.5 Å². The molecule has 2 nitrogen and oxygen atoms in total. The summed E-state index contributed by atoms with van der Waals surface area (Å²) in [6.45, 7) is 0.782. The molecule has 0 radical (unpaired) electrons. The molecule has 2 aromatic carbocycles. The molecule has 1 saturated carbocycles. The van der Waals surface area contributed by atoms with Gasteiger partial charge >= 0.3 is 0 Å². The summed E-state index contributed by atoms with van der Waals surface area (Å²) >= 11 is 5.98. The van der Waals surface area contributed by atoms with Gasteiger partial charge in [0.2, 0.25) is 0 Å². The summed E-state index contributed by atoms with van der Waals surface area (Å²) < 4.78 is 13.7. The van der Waals surface area contributed by atoms with E-state index in [1.54, 1.807) is 6.07 Å². The minimum Gasteiger partial charge on any atom is -0.385 e. The SMILES string of the molecule is CN(C)CC1CC(Cc2ccc(Cl)cc2)CCC1(O)c1cccc(F)c1. The number of rotatable bonds is 5. The van der Waals surface area contributed by atoms with Gasteiger partial charge in [-0.1, -0.05) is 35.9 Å². The summed E-state index contributed by atoms with van der Waals surface area (Å²) in [5, 5.41) is 12.2. The van der Waals surface area contributed by atoms with Crippen LogP contribution in [0.4, 0.5) is 4.39 Å². The highest BCUT2D eigenvalue weighted by Crippen LogP contribution is 2.45. The minimum atomic E-state index is -0.969. The predicted molar refractivity (Wildman–Crippen MR) is 105 cm³/mol. The van der Waals surface area contributed by atoms with Crippen molar-refractivity contribution in [3.8, 4) is 0 Å². The molecule has 0 aromatic heterocycles. The first-order valence-electron chi connectivity index (χ1n) is 9.24. The summed E-state index contributed by atoms with van der Waals surface area (Å²) in [5.74, 6) is 0.295. The van der Waals surface area contributed by atoms with E-state index in [-0.39, 0.29) is 11.7 Å². The third kappa shape index (κ3) is 4.46. The highest BCUT2D eigenvalue weighted by atomic mass is 35.5. The van der Waals surface area contributed by atoms with Gasteiger partial charge in [-0.05, 0) is 81.1 Å². The Morgan fingerprint density at radius 3 is 2.58 bits per heavy atom. The quantitative estimate of drug-likeness (QED) is 0.804. The number of aliphatic hydroxyl groups is 1. The average molecular weight is 376 g/mol. The van der Waals surface area contributed by atoms with Crippen molar-refractivity contribution in [1.82, 2.24) is 4.90 Å². The van der Waals surface area contributed by atoms with Crippen molar-refractivity contribution in [2.75, 3.05) is 20.6 Å². The van der Waals surface area contributed by atoms with Crippen molar-refractivity contribution < 1.29 is 9.50 Å². The van der Waals surface area contributed by atoms with E-state index < -0.39 is 5.60 Å². The summed E-state index contributed by atoms with van der Waals surface area (Å²) in [6.07, 6.45) is 3.50. The van der Waals surface area contributed by atoms with E-state index in [0.717, 1.165) is 30.8 Å². The molecular formula is C22H27ClFNO. The molecule has 0 aliphatic heterocycles. The molecule has 1 N–H and O–H groups in total. The Morgan fingerprint density at radius 2 is 1.92 bits per heavy atom. The third-order valence-corrected chi connectivity index (χ3v) is 5.83. The highest BCUT2D eigenvalue weighted by Gasteiger charge is 2.43. The Bertz CT molecular complexity index is 733. The molecule has 0 bridgehead atoms. The van der Waals surface area contributed by atoms with Gasteiger partial charge < -0.3 is 10.0 Å². The Morgan fingerprint density at radius 1 is 1.19 bits per heavy atom. The molecule has 3 rings (SSSR count). The monoisotopic (exact) mass is 375 g/mol. The van der Waals surface area contributed by atoms with Crippen molar-refractivity contribution in [2.24, 2.45) is 11.8 Å². The first-order valence-corrected chi connectivity index (χ1v) is 9.62. The lowest BCUT2D eigenvalue weighted by Gasteiger charge is -2.44. The fourth-order valence-electron chi connectivity index (χ4n) is 4.29. The molecule has 26 heavy (non-hydrogen) atoms. The fourth-order valence-corrected chi connectivity index (χ4v) is 4.41. The number of hydrogen-bond acceptors (Lipinski definition) is 2. The molecule has 1 aliphatic carbocycles. The van der Waals surface area contributed by atoms with Crippen LogP contribution in [0.25, 0.3) is 0 Å². The summed E-state index contributed by atoms with van der Waals surface area (Å²) in [4.78, 5) is 2.11. The molecule has 0 spiro atoms. The Hall–Kier alpha value is -1.42. The fraction of sp³-hybridized carbons (Fsp3) is 0.455. The lowest BCUT2D eigenvalue weighted by Crippen LogP contribution is -2.45. The van der Waals surface area contributed by atoms with Crippen LogP contribution in [0.5, 0.6) is 0 Å². The standard InChI is InChI=1S/C22H27ClFNO/c1-25(2)15-19-13-17(12-16-6-8-20(23)9-7-16)10-11-22(19,26)18-4-3-5-21(24)14-18/h3-9,14,17,19,26H,10-13,15H2,1-2H3. The number of nitrogens with zero attached hydrogens (tertiary/aromatic N) is 1. The zero-order valence-corrected chi connectivity index (χ0v) is 16.2. The van der Waals surface area contributed by atoms with Gasteiger partial charge in [-0.3, -0.25) is 0 Å². The highest BCUT2D eigenvalue weighted by molar-refractivity contribution is 6.30. The van der Waals surface area contributed by atoms with Crippen LogP contribution in [0.1, 0.15) is 30.4 Å². The number of benzene rings is 2. The van der Waals surface area contributed by atoms with Crippen LogP contribution in [0.2, 0.25) is 5.02 Å². The molecule has 0 amide bonds. The summed E-state index contributed by atoms with van der Waals surface area (Å²) in [5.41, 5.74) is 1.01. The van der Waals surface area contributed by atoms with Crippen LogP contribution in [0.3, 0.4) is 0 Å². The Labute approximate surface area is 160 Å². The normalized spacial score (nSPS) is 26.2. The van der Waals surface area contributed by atoms with Gasteiger partial charge in [-0.25, -0.2) is 4.39 Å². The summed E-state index contributed by atoms with van der Waals surface area (Å²) in [6, 6.07) is 14.5. The zero-order chi connectivity index (χ0) is 18.7. The van der Waals surface area contributed by atoms with Crippen molar-refractivity contribution in [3.63, 3.8) is 0 Å². The van der Waals surface area contributed by atoms with Gasteiger partial charge in [-0.15, -0.1) is 0 Å². The average Bonchev–Trinajstić information content (AvgIpc) is 2.59. The molecule has 1 fully saturated rings. The number of halogens is 2. The maximum Gasteiger partial charge on any atom is 0.123 e. The first kappa shape index (κ1) is 19.3. The lowest BCUT2D eigenvalue weighted by atomic mass is 9.66. The Kier molecular flexibility index (Phi) is 6.01. The largest absolute Gasteiger partial charge is 0.385 e. The molecule has 0 saturated heterocycles. The van der Waals surface area contributed by atoms with Gasteiger partial charge in [0.05, 0.1) is 5.60 Å². The van der Waals surface area contributed by atoms with Gasteiger partial charge in [0.25, 0.3) is 0 Å². The van der Waals surface area contributed by atoms with Crippen LogP contribution >= 0.6 is 11.6 Å². The van der Waals surface area contributed by atoms with Crippen molar-refractivity contribution in [2.45, 2.75) is 31.3 Å². The van der Waals surface area contributed by atoms with Crippen molar-refractivity contribution >= 4 is 11.6 Å². The van der Waals surface area contributed by atoms with Gasteiger partial charge in [0, 0.05) is 17.5 Å². The van der Waals surface area contributed by atoms with Crippen LogP contribution in [-0.4, -0.2) is 30.6 Å². The predicted octanol–water partition coefficient (Wildman–Crippen LogP) is 4.89. The molecular weight excluding hydrogens is 349 g/mol. The van der Waals surface area contributed by atoms with Crippen LogP contribution in [-0.2, 0) is 12.0 Å². The molecule has 3 atom stereocenters. The Balaban J connectivity index is 1.79. The molecule has 0 heterocycles. The topological polar surface area (TPSA) is 23.5 Å². The maximum absolute atomic E-state index is 13.7. The summed E-state index contributed by atoms with van der Waals surface area (Å²) in [7, 11) is 4.05. The van der Waals surface area contributed by atoms with E-state index in [1.807, 2.05) is 32.3 Å². The minimum absolute atomic E-state index is 0.0744. The van der Waals surface area contributed by atoms with E-state index >= 15 is 0 Å². The number of hydrogen-bond donors (Lipinski definition) is 1. The second-order valence-corrected chi connectivity index (χ2v) is 8.30. The van der Waals surface area contributed by atoms with Gasteiger partial charge in [0.1, 0.15) is 5.82 Å². The molecule has 1 aliphatic rings. The van der Waals surface area contributed by atoms with E-state index in [4.69, 9.17) is 11.6 Å². The van der Waals surface area contributed by atoms with Crippen LogP contribution < -0.4 is 0 Å². The lowest BCUT2D eigenvalue weighted by molar-refractivity contribution is -0.0754. The molecule has 4 heteroatoms. The second kappa shape index (κ2) is 8.08. The first-order chi connectivity index (χ1) is 12.4. The zero-order valence-electron chi connectivity index (χ0n) is 15.5. The molecule has 2 aromatic rings. The van der Waals surface area contributed by atoms with Crippen molar-refractivity contribution in [1.29, 1.82) is 0 Å². The third-order valence-electron chi connectivity index (χ3n) is 5.57. The van der Waals surface area contributed by atoms with E-state index in [1.165, 1.54) is 17.7 Å². The molecule has 140 valence electrons. The van der Waals surface area contributed by atoms with Crippen molar-refractivity contribution in [3.05, 3.63) is 70.5 Å².